The zero-order valence-electron chi connectivity index (χ0n) is 5.84. The van der Waals surface area contributed by atoms with E-state index in [-0.39, 0.29) is 5.44 Å². The van der Waals surface area contributed by atoms with Crippen molar-refractivity contribution in [1.82, 2.24) is 0 Å². The fourth-order valence-corrected chi connectivity index (χ4v) is 1.71. The van der Waals surface area contributed by atoms with E-state index < -0.39 is 0 Å². The van der Waals surface area contributed by atoms with Gasteiger partial charge in [0.1, 0.15) is 0 Å². The summed E-state index contributed by atoms with van der Waals surface area (Å²) < 4.78 is 0. The van der Waals surface area contributed by atoms with Crippen molar-refractivity contribution in [1.29, 1.82) is 0 Å². The monoisotopic (exact) mass is 146 g/mol. The summed E-state index contributed by atoms with van der Waals surface area (Å²) in [4.78, 5) is 0. The van der Waals surface area contributed by atoms with Gasteiger partial charge < -0.3 is 5.11 Å². The van der Waals surface area contributed by atoms with E-state index in [1.54, 1.807) is 11.8 Å². The largest absolute Gasteiger partial charge is 0.382 e. The van der Waals surface area contributed by atoms with Gasteiger partial charge in [-0.3, -0.25) is 0 Å². The fourth-order valence-electron chi connectivity index (χ4n) is 0.650. The Morgan fingerprint density at radius 2 is 2.33 bits per heavy atom. The van der Waals surface area contributed by atoms with Gasteiger partial charge in [-0.05, 0) is 30.9 Å². The van der Waals surface area contributed by atoms with Crippen LogP contribution in [0.15, 0.2) is 0 Å². The molecular weight excluding hydrogens is 132 g/mol. The average molecular weight is 146 g/mol. The van der Waals surface area contributed by atoms with E-state index in [0.29, 0.717) is 0 Å². The first-order chi connectivity index (χ1) is 4.33. The molecule has 0 aromatic carbocycles. The summed E-state index contributed by atoms with van der Waals surface area (Å²) in [7, 11) is 0. The number of thioether (sulfide) groups is 1. The smallest absolute Gasteiger partial charge is 0.0990 e. The van der Waals surface area contributed by atoms with Gasteiger partial charge in [0, 0.05) is 0 Å². The van der Waals surface area contributed by atoms with Crippen molar-refractivity contribution in [2.45, 2.75) is 31.6 Å². The van der Waals surface area contributed by atoms with Gasteiger partial charge in [-0.25, -0.2) is 0 Å². The minimum atomic E-state index is -0.106. The lowest BCUT2D eigenvalue weighted by atomic mass is 10.5. The predicted octanol–water partition coefficient (Wildman–Crippen LogP) is 1.86. The molecule has 0 aliphatic heterocycles. The zero-order valence-corrected chi connectivity index (χ0v) is 6.66. The number of aliphatic hydroxyl groups excluding tert-OH is 1. The van der Waals surface area contributed by atoms with Crippen LogP contribution in [-0.2, 0) is 0 Å². The average Bonchev–Trinajstić information content (AvgIpc) is 2.65. The van der Waals surface area contributed by atoms with Crippen molar-refractivity contribution in [3.05, 3.63) is 0 Å². The van der Waals surface area contributed by atoms with Crippen LogP contribution >= 0.6 is 11.8 Å². The highest BCUT2D eigenvalue weighted by Gasteiger charge is 2.21. The van der Waals surface area contributed by atoms with Crippen LogP contribution in [0.3, 0.4) is 0 Å². The highest BCUT2D eigenvalue weighted by atomic mass is 32.2. The van der Waals surface area contributed by atoms with Gasteiger partial charge in [0.2, 0.25) is 0 Å². The first-order valence-electron chi connectivity index (χ1n) is 3.62. The molecule has 1 aliphatic rings. The lowest BCUT2D eigenvalue weighted by molar-refractivity contribution is 0.259. The molecule has 1 saturated carbocycles. The molecule has 2 heteroatoms. The van der Waals surface area contributed by atoms with Gasteiger partial charge in [-0.2, -0.15) is 0 Å². The molecule has 1 rings (SSSR count). The maximum absolute atomic E-state index is 9.10. The Morgan fingerprint density at radius 1 is 1.67 bits per heavy atom. The van der Waals surface area contributed by atoms with Gasteiger partial charge in [0.05, 0.1) is 5.44 Å². The summed E-state index contributed by atoms with van der Waals surface area (Å²) in [6.07, 6.45) is 3.67. The third-order valence-electron chi connectivity index (χ3n) is 1.57. The van der Waals surface area contributed by atoms with Crippen molar-refractivity contribution in [3.63, 3.8) is 0 Å². The summed E-state index contributed by atoms with van der Waals surface area (Å²) >= 11 is 1.70. The van der Waals surface area contributed by atoms with Crippen LogP contribution in [0.2, 0.25) is 0 Å². The summed E-state index contributed by atoms with van der Waals surface area (Å²) in [6.45, 7) is 2.02. The topological polar surface area (TPSA) is 20.2 Å². The van der Waals surface area contributed by atoms with Gasteiger partial charge in [-0.1, -0.05) is 6.92 Å². The van der Waals surface area contributed by atoms with Crippen LogP contribution in [0, 0.1) is 5.92 Å². The van der Waals surface area contributed by atoms with E-state index in [1.807, 2.05) is 6.92 Å². The normalized spacial score (nSPS) is 22.0. The van der Waals surface area contributed by atoms with Crippen LogP contribution in [0.4, 0.5) is 0 Å². The van der Waals surface area contributed by atoms with Crippen LogP contribution in [0.25, 0.3) is 0 Å². The Balaban J connectivity index is 1.90. The van der Waals surface area contributed by atoms with E-state index in [1.165, 1.54) is 18.6 Å². The summed E-state index contributed by atoms with van der Waals surface area (Å²) in [5.74, 6) is 2.12. The quantitative estimate of drug-likeness (QED) is 0.611. The maximum Gasteiger partial charge on any atom is 0.0990 e. The van der Waals surface area contributed by atoms with E-state index >= 15 is 0 Å². The maximum atomic E-state index is 9.10. The molecule has 0 aromatic heterocycles. The summed E-state index contributed by atoms with van der Waals surface area (Å²) in [5.41, 5.74) is -0.106. The van der Waals surface area contributed by atoms with Crippen molar-refractivity contribution >= 4 is 11.8 Å². The molecule has 0 radical (unpaired) electrons. The minimum Gasteiger partial charge on any atom is -0.382 e. The Kier molecular flexibility index (Phi) is 2.86. The van der Waals surface area contributed by atoms with Gasteiger partial charge in [0.15, 0.2) is 0 Å². The van der Waals surface area contributed by atoms with Gasteiger partial charge in [0.25, 0.3) is 0 Å². The minimum absolute atomic E-state index is 0.106. The molecule has 0 amide bonds. The number of hydrogen-bond acceptors (Lipinski definition) is 2. The van der Waals surface area contributed by atoms with E-state index in [0.717, 1.165) is 12.3 Å². The molecule has 1 unspecified atom stereocenters. The Bertz CT molecular complexity index is 81.0. The lowest BCUT2D eigenvalue weighted by Gasteiger charge is -2.04. The molecule has 0 bridgehead atoms. The molecule has 0 heterocycles. The third kappa shape index (κ3) is 3.11. The first-order valence-corrected chi connectivity index (χ1v) is 4.67. The zero-order chi connectivity index (χ0) is 6.69. The number of hydrogen-bond donors (Lipinski definition) is 1. The lowest BCUT2D eigenvalue weighted by Crippen LogP contribution is -1.99. The standard InChI is InChI=1S/C7H14OS/c1-2-7(8)9-5-6-3-4-6/h6-8H,2-5H2,1H3. The van der Waals surface area contributed by atoms with Crippen LogP contribution in [-0.4, -0.2) is 16.3 Å². The van der Waals surface area contributed by atoms with E-state index in [4.69, 9.17) is 5.11 Å². The first kappa shape index (κ1) is 7.42. The second-order valence-electron chi connectivity index (χ2n) is 2.64. The SMILES string of the molecule is CCC(O)SCC1CC1. The number of rotatable bonds is 4. The Hall–Kier alpha value is 0.310. The molecule has 1 N–H and O–H groups in total. The van der Waals surface area contributed by atoms with E-state index in [2.05, 4.69) is 0 Å². The third-order valence-corrected chi connectivity index (χ3v) is 2.95. The van der Waals surface area contributed by atoms with E-state index in [9.17, 15) is 0 Å². The van der Waals surface area contributed by atoms with Crippen molar-refractivity contribution in [2.75, 3.05) is 5.75 Å². The van der Waals surface area contributed by atoms with Crippen molar-refractivity contribution in [3.8, 4) is 0 Å². The van der Waals surface area contributed by atoms with Crippen molar-refractivity contribution < 1.29 is 5.11 Å². The summed E-state index contributed by atoms with van der Waals surface area (Å²) in [6, 6.07) is 0. The highest BCUT2D eigenvalue weighted by Crippen LogP contribution is 2.33. The van der Waals surface area contributed by atoms with Gasteiger partial charge in [-0.15, -0.1) is 11.8 Å². The predicted molar refractivity (Wildman–Crippen MR) is 41.5 cm³/mol. The molecule has 0 spiro atoms. The van der Waals surface area contributed by atoms with Crippen molar-refractivity contribution in [2.24, 2.45) is 5.92 Å². The van der Waals surface area contributed by atoms with Gasteiger partial charge >= 0.3 is 0 Å². The van der Waals surface area contributed by atoms with Crippen LogP contribution in [0.1, 0.15) is 26.2 Å². The fraction of sp³-hybridized carbons (Fsp3) is 1.00. The molecule has 1 aliphatic carbocycles. The molecular formula is C7H14OS. The molecule has 54 valence electrons. The summed E-state index contributed by atoms with van der Waals surface area (Å²) in [5, 5.41) is 9.10. The molecule has 1 nitrogen and oxygen atoms in total. The number of aliphatic hydroxyl groups is 1. The molecule has 0 saturated heterocycles. The molecule has 1 atom stereocenters. The molecule has 0 aromatic rings. The Labute approximate surface area is 60.8 Å². The molecule has 9 heavy (non-hydrogen) atoms. The second kappa shape index (κ2) is 3.47. The highest BCUT2D eigenvalue weighted by molar-refractivity contribution is 7.99. The molecule has 1 fully saturated rings. The second-order valence-corrected chi connectivity index (χ2v) is 3.85. The van der Waals surface area contributed by atoms with Crippen LogP contribution in [0.5, 0.6) is 0 Å². The Morgan fingerprint density at radius 3 is 2.78 bits per heavy atom. The van der Waals surface area contributed by atoms with Crippen LogP contribution < -0.4 is 0 Å².